The van der Waals surface area contributed by atoms with E-state index in [1.165, 1.54) is 0 Å². The topological polar surface area (TPSA) is 55.6 Å². The zero-order valence-electron chi connectivity index (χ0n) is 12.0. The quantitative estimate of drug-likeness (QED) is 0.900. The Morgan fingerprint density at radius 2 is 2.11 bits per heavy atom. The number of aryl methyl sites for hydroxylation is 1. The van der Waals surface area contributed by atoms with E-state index in [0.717, 1.165) is 16.9 Å². The summed E-state index contributed by atoms with van der Waals surface area (Å²) in [6, 6.07) is 5.94. The summed E-state index contributed by atoms with van der Waals surface area (Å²) in [6.45, 7) is 4.81. The lowest BCUT2D eigenvalue weighted by Gasteiger charge is -2.21. The summed E-state index contributed by atoms with van der Waals surface area (Å²) in [6.07, 6.45) is 0. The molecular formula is C14H23ClN2O2. The van der Waals surface area contributed by atoms with Crippen LogP contribution in [0.2, 0.25) is 0 Å². The Bertz CT molecular complexity index is 424. The standard InChI is InChI=1S/C14H22N2O2.ClH/c1-10-7-12(5-6-13(10)18-4)9-16(3)14(17)11(2)8-15;/h5-7,11H,8-9,15H2,1-4H3;1H. The molecule has 1 aromatic carbocycles. The second-order valence-corrected chi connectivity index (χ2v) is 4.64. The first-order valence-electron chi connectivity index (χ1n) is 6.08. The van der Waals surface area contributed by atoms with Gasteiger partial charge in [0, 0.05) is 26.1 Å². The Balaban J connectivity index is 0.00000324. The fraction of sp³-hybridized carbons (Fsp3) is 0.500. The normalized spacial score (nSPS) is 11.4. The van der Waals surface area contributed by atoms with Gasteiger partial charge < -0.3 is 15.4 Å². The molecule has 5 heteroatoms. The van der Waals surface area contributed by atoms with E-state index < -0.39 is 0 Å². The van der Waals surface area contributed by atoms with Crippen molar-refractivity contribution in [2.75, 3.05) is 20.7 Å². The van der Waals surface area contributed by atoms with Gasteiger partial charge in [-0.2, -0.15) is 0 Å². The van der Waals surface area contributed by atoms with Crippen LogP contribution >= 0.6 is 12.4 Å². The molecule has 1 aromatic rings. The molecule has 1 amide bonds. The third-order valence-electron chi connectivity index (χ3n) is 3.03. The first-order chi connectivity index (χ1) is 8.49. The van der Waals surface area contributed by atoms with Crippen LogP contribution in [0.4, 0.5) is 0 Å². The molecule has 0 aliphatic heterocycles. The molecule has 1 unspecified atom stereocenters. The smallest absolute Gasteiger partial charge is 0.226 e. The molecule has 0 spiro atoms. The molecule has 0 radical (unpaired) electrons. The van der Waals surface area contributed by atoms with Crippen LogP contribution in [-0.2, 0) is 11.3 Å². The first-order valence-corrected chi connectivity index (χ1v) is 6.08. The highest BCUT2D eigenvalue weighted by Gasteiger charge is 2.16. The summed E-state index contributed by atoms with van der Waals surface area (Å²) in [5.74, 6) is 0.809. The lowest BCUT2D eigenvalue weighted by molar-refractivity contribution is -0.133. The summed E-state index contributed by atoms with van der Waals surface area (Å²) in [5.41, 5.74) is 7.67. The zero-order valence-corrected chi connectivity index (χ0v) is 12.8. The highest BCUT2D eigenvalue weighted by atomic mass is 35.5. The summed E-state index contributed by atoms with van der Waals surface area (Å²) in [7, 11) is 3.45. The van der Waals surface area contributed by atoms with E-state index in [-0.39, 0.29) is 24.2 Å². The van der Waals surface area contributed by atoms with Gasteiger partial charge in [-0.15, -0.1) is 12.4 Å². The molecule has 0 saturated carbocycles. The van der Waals surface area contributed by atoms with Crippen molar-refractivity contribution >= 4 is 18.3 Å². The average molecular weight is 287 g/mol. The zero-order chi connectivity index (χ0) is 13.7. The summed E-state index contributed by atoms with van der Waals surface area (Å²) < 4.78 is 5.21. The number of carbonyl (C=O) groups is 1. The van der Waals surface area contributed by atoms with Crippen molar-refractivity contribution in [2.45, 2.75) is 20.4 Å². The maximum Gasteiger partial charge on any atom is 0.226 e. The number of ether oxygens (including phenoxy) is 1. The SMILES string of the molecule is COc1ccc(CN(C)C(=O)C(C)CN)cc1C.Cl. The highest BCUT2D eigenvalue weighted by molar-refractivity contribution is 5.85. The molecular weight excluding hydrogens is 264 g/mol. The predicted octanol–water partition coefficient (Wildman–Crippen LogP) is 1.98. The number of hydrogen-bond donors (Lipinski definition) is 1. The van der Waals surface area contributed by atoms with Crippen LogP contribution in [0.1, 0.15) is 18.1 Å². The third kappa shape index (κ3) is 4.73. The second kappa shape index (κ2) is 8.02. The fourth-order valence-corrected chi connectivity index (χ4v) is 1.87. The Morgan fingerprint density at radius 3 is 2.58 bits per heavy atom. The van der Waals surface area contributed by atoms with E-state index in [4.69, 9.17) is 10.5 Å². The van der Waals surface area contributed by atoms with E-state index in [2.05, 4.69) is 0 Å². The van der Waals surface area contributed by atoms with Crippen LogP contribution in [0.25, 0.3) is 0 Å². The molecule has 0 saturated heterocycles. The van der Waals surface area contributed by atoms with Crippen molar-refractivity contribution in [3.05, 3.63) is 29.3 Å². The van der Waals surface area contributed by atoms with Gasteiger partial charge in [0.1, 0.15) is 5.75 Å². The van der Waals surface area contributed by atoms with Gasteiger partial charge in [0.2, 0.25) is 5.91 Å². The molecule has 108 valence electrons. The van der Waals surface area contributed by atoms with Crippen LogP contribution in [0.15, 0.2) is 18.2 Å². The van der Waals surface area contributed by atoms with Gasteiger partial charge in [-0.3, -0.25) is 4.79 Å². The Morgan fingerprint density at radius 1 is 1.47 bits per heavy atom. The van der Waals surface area contributed by atoms with Gasteiger partial charge in [-0.1, -0.05) is 19.1 Å². The molecule has 0 heterocycles. The van der Waals surface area contributed by atoms with Gasteiger partial charge >= 0.3 is 0 Å². The number of carbonyl (C=O) groups excluding carboxylic acids is 1. The highest BCUT2D eigenvalue weighted by Crippen LogP contribution is 2.19. The van der Waals surface area contributed by atoms with E-state index in [1.807, 2.05) is 32.0 Å². The van der Waals surface area contributed by atoms with Crippen LogP contribution in [0, 0.1) is 12.8 Å². The summed E-state index contributed by atoms with van der Waals surface area (Å²) in [4.78, 5) is 13.6. The molecule has 0 bridgehead atoms. The van der Waals surface area contributed by atoms with Crippen molar-refractivity contribution in [2.24, 2.45) is 11.7 Å². The Kier molecular flexibility index (Phi) is 7.49. The third-order valence-corrected chi connectivity index (χ3v) is 3.03. The van der Waals surface area contributed by atoms with Gasteiger partial charge in [0.15, 0.2) is 0 Å². The van der Waals surface area contributed by atoms with Crippen molar-refractivity contribution in [3.8, 4) is 5.75 Å². The molecule has 0 fully saturated rings. The molecule has 0 aromatic heterocycles. The molecule has 4 nitrogen and oxygen atoms in total. The van der Waals surface area contributed by atoms with E-state index in [1.54, 1.807) is 19.1 Å². The summed E-state index contributed by atoms with van der Waals surface area (Å²) in [5, 5.41) is 0. The number of benzene rings is 1. The predicted molar refractivity (Wildman–Crippen MR) is 79.7 cm³/mol. The number of nitrogens with zero attached hydrogens (tertiary/aromatic N) is 1. The van der Waals surface area contributed by atoms with Crippen molar-refractivity contribution in [1.82, 2.24) is 4.90 Å². The lowest BCUT2D eigenvalue weighted by Crippen LogP contribution is -2.34. The maximum absolute atomic E-state index is 11.9. The number of halogens is 1. The Labute approximate surface area is 121 Å². The maximum atomic E-state index is 11.9. The van der Waals surface area contributed by atoms with Gasteiger partial charge in [0.05, 0.1) is 7.11 Å². The van der Waals surface area contributed by atoms with Gasteiger partial charge in [-0.25, -0.2) is 0 Å². The first kappa shape index (κ1) is 17.7. The molecule has 1 atom stereocenters. The Hall–Kier alpha value is -1.26. The molecule has 2 N–H and O–H groups in total. The van der Waals surface area contributed by atoms with Crippen molar-refractivity contribution in [1.29, 1.82) is 0 Å². The minimum atomic E-state index is -0.130. The average Bonchev–Trinajstić information content (AvgIpc) is 2.37. The van der Waals surface area contributed by atoms with Gasteiger partial charge in [-0.05, 0) is 24.1 Å². The monoisotopic (exact) mass is 286 g/mol. The molecule has 0 aliphatic rings. The number of nitrogens with two attached hydrogens (primary N) is 1. The largest absolute Gasteiger partial charge is 0.496 e. The van der Waals surface area contributed by atoms with Crippen LogP contribution < -0.4 is 10.5 Å². The molecule has 19 heavy (non-hydrogen) atoms. The van der Waals surface area contributed by atoms with Crippen LogP contribution in [0.5, 0.6) is 5.75 Å². The van der Waals surface area contributed by atoms with Crippen molar-refractivity contribution < 1.29 is 9.53 Å². The second-order valence-electron chi connectivity index (χ2n) is 4.64. The van der Waals surface area contributed by atoms with E-state index in [0.29, 0.717) is 13.1 Å². The number of hydrogen-bond acceptors (Lipinski definition) is 3. The minimum absolute atomic E-state index is 0. The number of rotatable bonds is 5. The summed E-state index contributed by atoms with van der Waals surface area (Å²) >= 11 is 0. The molecule has 0 aliphatic carbocycles. The number of amides is 1. The van der Waals surface area contributed by atoms with Gasteiger partial charge in [0.25, 0.3) is 0 Å². The van der Waals surface area contributed by atoms with Crippen LogP contribution in [0.3, 0.4) is 0 Å². The number of methoxy groups -OCH3 is 1. The van der Waals surface area contributed by atoms with E-state index >= 15 is 0 Å². The van der Waals surface area contributed by atoms with Crippen LogP contribution in [-0.4, -0.2) is 31.5 Å². The lowest BCUT2D eigenvalue weighted by atomic mass is 10.1. The molecule has 1 rings (SSSR count). The van der Waals surface area contributed by atoms with E-state index in [9.17, 15) is 4.79 Å². The van der Waals surface area contributed by atoms with Crippen molar-refractivity contribution in [3.63, 3.8) is 0 Å². The fourth-order valence-electron chi connectivity index (χ4n) is 1.87. The minimum Gasteiger partial charge on any atom is -0.496 e.